The van der Waals surface area contributed by atoms with Gasteiger partial charge in [-0.2, -0.15) is 5.10 Å². The van der Waals surface area contributed by atoms with Crippen molar-refractivity contribution in [2.24, 2.45) is 0 Å². The highest BCUT2D eigenvalue weighted by molar-refractivity contribution is 5.92. The second-order valence-corrected chi connectivity index (χ2v) is 7.76. The molecule has 0 saturated heterocycles. The summed E-state index contributed by atoms with van der Waals surface area (Å²) < 4.78 is 21.2. The number of aromatic amines is 1. The number of amides is 1. The molecule has 4 aromatic rings. The third-order valence-electron chi connectivity index (χ3n) is 5.17. The molecule has 0 unspecified atom stereocenters. The monoisotopic (exact) mass is 410 g/mol. The molecule has 10 heteroatoms. The number of rotatable bonds is 3. The molecule has 30 heavy (non-hydrogen) atoms. The Morgan fingerprint density at radius 3 is 2.97 bits per heavy atom. The number of aromatic nitrogens is 5. The quantitative estimate of drug-likeness (QED) is 0.535. The van der Waals surface area contributed by atoms with Gasteiger partial charge in [-0.3, -0.25) is 4.79 Å². The van der Waals surface area contributed by atoms with Gasteiger partial charge in [0.25, 0.3) is 5.91 Å². The van der Waals surface area contributed by atoms with E-state index in [2.05, 4.69) is 20.1 Å². The van der Waals surface area contributed by atoms with Crippen LogP contribution in [-0.2, 0) is 12.0 Å². The normalized spacial score (nSPS) is 16.8. The van der Waals surface area contributed by atoms with Crippen molar-refractivity contribution < 1.29 is 18.7 Å². The minimum absolute atomic E-state index is 0.00561. The molecular weight excluding hydrogens is 391 g/mol. The average molecular weight is 410 g/mol. The van der Waals surface area contributed by atoms with Gasteiger partial charge < -0.3 is 19.4 Å². The van der Waals surface area contributed by atoms with E-state index in [1.165, 1.54) is 30.6 Å². The topological polar surface area (TPSA) is 113 Å². The molecule has 2 N–H and O–H groups in total. The van der Waals surface area contributed by atoms with E-state index >= 15 is 0 Å². The molecular formula is C20H19FN6O3. The number of nitrogens with zero attached hydrogens (tertiary/aromatic N) is 5. The lowest BCUT2D eigenvalue weighted by Crippen LogP contribution is -2.40. The first-order chi connectivity index (χ1) is 14.3. The lowest BCUT2D eigenvalue weighted by Gasteiger charge is -2.33. The van der Waals surface area contributed by atoms with Crippen molar-refractivity contribution in [3.05, 3.63) is 71.5 Å². The molecule has 5 heterocycles. The van der Waals surface area contributed by atoms with Crippen LogP contribution in [0.4, 0.5) is 4.39 Å². The number of oxazole rings is 1. The number of imidazole rings is 1. The molecule has 0 saturated carbocycles. The van der Waals surface area contributed by atoms with Crippen molar-refractivity contribution >= 4 is 11.4 Å². The lowest BCUT2D eigenvalue weighted by molar-refractivity contribution is 0.0440. The van der Waals surface area contributed by atoms with Crippen LogP contribution in [0.1, 0.15) is 53.4 Å². The molecule has 5 rings (SSSR count). The highest BCUT2D eigenvalue weighted by Gasteiger charge is 2.38. The van der Waals surface area contributed by atoms with Crippen molar-refractivity contribution in [2.45, 2.75) is 31.9 Å². The van der Waals surface area contributed by atoms with Gasteiger partial charge in [0, 0.05) is 24.9 Å². The number of aliphatic hydroxyl groups is 1. The Balaban J connectivity index is 1.59. The van der Waals surface area contributed by atoms with E-state index in [0.717, 1.165) is 5.69 Å². The van der Waals surface area contributed by atoms with Crippen molar-refractivity contribution in [3.8, 4) is 0 Å². The van der Waals surface area contributed by atoms with E-state index in [1.807, 2.05) is 0 Å². The predicted molar refractivity (Wildman–Crippen MR) is 102 cm³/mol. The Hall–Kier alpha value is -3.53. The Kier molecular flexibility index (Phi) is 4.00. The van der Waals surface area contributed by atoms with Crippen LogP contribution in [0.5, 0.6) is 0 Å². The maximum Gasteiger partial charge on any atom is 0.292 e. The smallest absolute Gasteiger partial charge is 0.292 e. The van der Waals surface area contributed by atoms with Crippen LogP contribution < -0.4 is 0 Å². The van der Waals surface area contributed by atoms with Gasteiger partial charge in [0.1, 0.15) is 23.0 Å². The standard InChI is InChI=1S/C20H19FN6O3/c1-20(2,29)19-22-9-15(30-19)18(28)26-7-5-12-16(24-10-23-12)17(26)13-8-14-11(21)4-3-6-27(14)25-13/h3-4,6,8-10,17,29H,5,7H2,1-2H3,(H,23,24)/t17-/m0/s1. The molecule has 0 aliphatic carbocycles. The van der Waals surface area contributed by atoms with Gasteiger partial charge in [-0.1, -0.05) is 0 Å². The summed E-state index contributed by atoms with van der Waals surface area (Å²) in [5.41, 5.74) is 1.04. The van der Waals surface area contributed by atoms with E-state index < -0.39 is 23.4 Å². The predicted octanol–water partition coefficient (Wildman–Crippen LogP) is 2.20. The van der Waals surface area contributed by atoms with Gasteiger partial charge in [-0.05, 0) is 32.0 Å². The summed E-state index contributed by atoms with van der Waals surface area (Å²) in [6.45, 7) is 3.43. The summed E-state index contributed by atoms with van der Waals surface area (Å²) in [6, 6.07) is 3.92. The molecule has 0 radical (unpaired) electrons. The summed E-state index contributed by atoms with van der Waals surface area (Å²) in [4.78, 5) is 26.4. The Morgan fingerprint density at radius 1 is 1.40 bits per heavy atom. The average Bonchev–Trinajstić information content (AvgIpc) is 3.44. The number of fused-ring (bicyclic) bond motifs is 2. The highest BCUT2D eigenvalue weighted by atomic mass is 19.1. The van der Waals surface area contributed by atoms with Gasteiger partial charge in [0.15, 0.2) is 0 Å². The van der Waals surface area contributed by atoms with Crippen LogP contribution in [0, 0.1) is 5.82 Å². The first kappa shape index (κ1) is 18.5. The zero-order valence-electron chi connectivity index (χ0n) is 16.3. The van der Waals surface area contributed by atoms with E-state index in [0.29, 0.717) is 29.9 Å². The summed E-state index contributed by atoms with van der Waals surface area (Å²) in [5.74, 6) is -0.757. The van der Waals surface area contributed by atoms with E-state index in [4.69, 9.17) is 4.42 Å². The zero-order valence-corrected chi connectivity index (χ0v) is 16.3. The highest BCUT2D eigenvalue weighted by Crippen LogP contribution is 2.35. The maximum atomic E-state index is 14.2. The minimum atomic E-state index is -1.31. The summed E-state index contributed by atoms with van der Waals surface area (Å²) in [7, 11) is 0. The number of pyridine rings is 1. The van der Waals surface area contributed by atoms with Crippen molar-refractivity contribution in [1.29, 1.82) is 0 Å². The molecule has 9 nitrogen and oxygen atoms in total. The number of H-pyrrole nitrogens is 1. The number of hydrogen-bond donors (Lipinski definition) is 2. The van der Waals surface area contributed by atoms with Gasteiger partial charge in [0.05, 0.1) is 23.9 Å². The van der Waals surface area contributed by atoms with Crippen LogP contribution >= 0.6 is 0 Å². The fourth-order valence-corrected chi connectivity index (χ4v) is 3.73. The molecule has 1 aliphatic heterocycles. The van der Waals surface area contributed by atoms with Crippen LogP contribution in [0.2, 0.25) is 0 Å². The Labute approximate surface area is 170 Å². The largest absolute Gasteiger partial charge is 0.432 e. The van der Waals surface area contributed by atoms with Crippen molar-refractivity contribution in [2.75, 3.05) is 6.54 Å². The number of hydrogen-bond acceptors (Lipinski definition) is 6. The van der Waals surface area contributed by atoms with Gasteiger partial charge >= 0.3 is 0 Å². The summed E-state index contributed by atoms with van der Waals surface area (Å²) in [6.07, 6.45) is 5.10. The second-order valence-electron chi connectivity index (χ2n) is 7.76. The van der Waals surface area contributed by atoms with Crippen LogP contribution in [0.25, 0.3) is 5.52 Å². The first-order valence-corrected chi connectivity index (χ1v) is 9.48. The van der Waals surface area contributed by atoms with Crippen LogP contribution in [0.15, 0.2) is 41.3 Å². The number of halogens is 1. The summed E-state index contributed by atoms with van der Waals surface area (Å²) in [5, 5.41) is 14.6. The number of nitrogens with one attached hydrogen (secondary N) is 1. The molecule has 154 valence electrons. The number of carbonyl (C=O) groups excluding carboxylic acids is 1. The molecule has 0 aromatic carbocycles. The molecule has 4 aromatic heterocycles. The lowest BCUT2D eigenvalue weighted by atomic mass is 9.99. The van der Waals surface area contributed by atoms with E-state index in [-0.39, 0.29) is 11.7 Å². The van der Waals surface area contributed by atoms with Crippen molar-refractivity contribution in [1.82, 2.24) is 29.5 Å². The van der Waals surface area contributed by atoms with E-state index in [9.17, 15) is 14.3 Å². The first-order valence-electron chi connectivity index (χ1n) is 9.48. The summed E-state index contributed by atoms with van der Waals surface area (Å²) >= 11 is 0. The van der Waals surface area contributed by atoms with Gasteiger partial charge in [-0.25, -0.2) is 18.9 Å². The second kappa shape index (κ2) is 6.49. The molecule has 0 spiro atoms. The third kappa shape index (κ3) is 2.88. The Morgan fingerprint density at radius 2 is 2.23 bits per heavy atom. The van der Waals surface area contributed by atoms with Crippen LogP contribution in [-0.4, -0.2) is 47.0 Å². The molecule has 0 fully saturated rings. The molecule has 1 amide bonds. The van der Waals surface area contributed by atoms with Gasteiger partial charge in [0.2, 0.25) is 11.7 Å². The molecule has 1 atom stereocenters. The third-order valence-corrected chi connectivity index (χ3v) is 5.17. The number of carbonyl (C=O) groups is 1. The minimum Gasteiger partial charge on any atom is -0.432 e. The zero-order chi connectivity index (χ0) is 21.0. The SMILES string of the molecule is CC(C)(O)c1ncc(C(=O)N2CCc3[nH]cnc3[C@@H]2c2cc3c(F)cccn3n2)o1. The fourth-order valence-electron chi connectivity index (χ4n) is 3.73. The van der Waals surface area contributed by atoms with Crippen molar-refractivity contribution in [3.63, 3.8) is 0 Å². The maximum absolute atomic E-state index is 14.2. The van der Waals surface area contributed by atoms with E-state index in [1.54, 1.807) is 29.6 Å². The Bertz CT molecular complexity index is 1250. The van der Waals surface area contributed by atoms with Crippen LogP contribution in [0.3, 0.4) is 0 Å². The molecule has 1 aliphatic rings. The molecule has 0 bridgehead atoms. The fraction of sp³-hybridized carbons (Fsp3) is 0.300. The van der Waals surface area contributed by atoms with Gasteiger partial charge in [-0.15, -0.1) is 0 Å².